The molecule has 166 valence electrons. The van der Waals surface area contributed by atoms with Crippen molar-refractivity contribution in [1.82, 2.24) is 4.90 Å². The van der Waals surface area contributed by atoms with E-state index in [1.54, 1.807) is 0 Å². The summed E-state index contributed by atoms with van der Waals surface area (Å²) in [5.74, 6) is 0.712. The van der Waals surface area contributed by atoms with Crippen LogP contribution in [0.25, 0.3) is 0 Å². The summed E-state index contributed by atoms with van der Waals surface area (Å²) < 4.78 is 17.5. The lowest BCUT2D eigenvalue weighted by Gasteiger charge is -2.56. The van der Waals surface area contributed by atoms with Crippen LogP contribution in [0.4, 0.5) is 0 Å². The third-order valence-electron chi connectivity index (χ3n) is 6.67. The van der Waals surface area contributed by atoms with Crippen molar-refractivity contribution in [2.24, 2.45) is 5.92 Å². The minimum absolute atomic E-state index is 0. The van der Waals surface area contributed by atoms with E-state index in [0.717, 1.165) is 24.9 Å². The van der Waals surface area contributed by atoms with E-state index in [0.29, 0.717) is 17.5 Å². The van der Waals surface area contributed by atoms with Gasteiger partial charge in [0, 0.05) is 36.8 Å². The second-order valence-electron chi connectivity index (χ2n) is 8.09. The molecule has 0 aromatic heterocycles. The van der Waals surface area contributed by atoms with Gasteiger partial charge in [-0.1, -0.05) is 12.1 Å². The van der Waals surface area contributed by atoms with E-state index in [9.17, 15) is 9.59 Å². The third-order valence-corrected chi connectivity index (χ3v) is 6.67. The first-order valence-electron chi connectivity index (χ1n) is 9.49. The van der Waals surface area contributed by atoms with Crippen LogP contribution in [-0.2, 0) is 26.2 Å². The van der Waals surface area contributed by atoms with Gasteiger partial charge in [0.05, 0.1) is 0 Å². The fourth-order valence-corrected chi connectivity index (χ4v) is 5.74. The van der Waals surface area contributed by atoms with E-state index in [-0.39, 0.29) is 45.8 Å². The number of hydrogen-bond acceptors (Lipinski definition) is 6. The molecule has 1 aromatic carbocycles. The van der Waals surface area contributed by atoms with Crippen LogP contribution in [0.2, 0.25) is 0 Å². The van der Waals surface area contributed by atoms with Gasteiger partial charge in [0.25, 0.3) is 0 Å². The Balaban J connectivity index is 0.00000107. The largest absolute Gasteiger partial charge is 0.481 e. The Hall–Kier alpha value is -2.46. The summed E-state index contributed by atoms with van der Waals surface area (Å²) in [5.41, 5.74) is 2.15. The van der Waals surface area contributed by atoms with Crippen LogP contribution in [0.5, 0.6) is 11.5 Å². The van der Waals surface area contributed by atoms with Crippen molar-refractivity contribution in [2.45, 2.75) is 50.4 Å². The fraction of sp³-hybridized carbons (Fsp3) is 0.524. The van der Waals surface area contributed by atoms with Gasteiger partial charge in [-0.05, 0) is 44.1 Å². The smallest absolute Gasteiger partial charge is 0.308 e. The average Bonchev–Trinajstić information content (AvgIpc) is 2.95. The Bertz CT molecular complexity index is 884. The van der Waals surface area contributed by atoms with E-state index in [2.05, 4.69) is 24.1 Å². The predicted octanol–water partition coefficient (Wildman–Crippen LogP) is -0.486. The van der Waals surface area contributed by atoms with Crippen LogP contribution < -0.4 is 9.47 Å². The minimum Gasteiger partial charge on any atom is -0.481 e. The molecule has 1 spiro atoms. The van der Waals surface area contributed by atoms with Crippen molar-refractivity contribution in [3.63, 3.8) is 0 Å². The molecule has 9 nitrogen and oxygen atoms in total. The number of carbonyl (C=O) groups is 2. The molecule has 0 radical (unpaired) electrons. The first-order chi connectivity index (χ1) is 12.9. The molecule has 6 N–H and O–H groups in total. The molecule has 5 atom stereocenters. The Morgan fingerprint density at radius 3 is 2.53 bits per heavy atom. The molecule has 30 heavy (non-hydrogen) atoms. The summed E-state index contributed by atoms with van der Waals surface area (Å²) in [4.78, 5) is 25.7. The molecule has 2 bridgehead atoms. The second-order valence-corrected chi connectivity index (χ2v) is 8.09. The Morgan fingerprint density at radius 1 is 1.13 bits per heavy atom. The SMILES string of the molecule is CC(=O)Oc1ccc2c3c1O[C@H]1[C@@H](OC(C)=O)C=C[C@H]4[C@@H](C2)N(C)CC[C@@]341.O.O.O. The number of carbonyl (C=O) groups excluding carboxylic acids is 2. The van der Waals surface area contributed by atoms with Gasteiger partial charge in [-0.2, -0.15) is 0 Å². The van der Waals surface area contributed by atoms with Gasteiger partial charge in [-0.3, -0.25) is 9.59 Å². The van der Waals surface area contributed by atoms with Gasteiger partial charge in [0.1, 0.15) is 6.10 Å². The highest BCUT2D eigenvalue weighted by Crippen LogP contribution is 2.62. The van der Waals surface area contributed by atoms with Crippen LogP contribution in [0, 0.1) is 5.92 Å². The zero-order chi connectivity index (χ0) is 18.9. The van der Waals surface area contributed by atoms with Crippen molar-refractivity contribution in [3.05, 3.63) is 35.4 Å². The quantitative estimate of drug-likeness (QED) is 0.354. The molecule has 9 heteroatoms. The molecule has 2 heterocycles. The van der Waals surface area contributed by atoms with Gasteiger partial charge in [0.15, 0.2) is 17.6 Å². The third kappa shape index (κ3) is 3.01. The lowest BCUT2D eigenvalue weighted by atomic mass is 9.53. The highest BCUT2D eigenvalue weighted by atomic mass is 16.6. The summed E-state index contributed by atoms with van der Waals surface area (Å²) in [6.45, 7) is 3.77. The first kappa shape index (κ1) is 23.8. The Kier molecular flexibility index (Phi) is 6.34. The Labute approximate surface area is 174 Å². The molecular weight excluding hydrogens is 394 g/mol. The minimum atomic E-state index is -0.439. The lowest BCUT2D eigenvalue weighted by Crippen LogP contribution is -2.65. The van der Waals surface area contributed by atoms with Gasteiger partial charge in [-0.25, -0.2) is 0 Å². The van der Waals surface area contributed by atoms with Gasteiger partial charge < -0.3 is 35.5 Å². The average molecular weight is 423 g/mol. The van der Waals surface area contributed by atoms with Crippen molar-refractivity contribution < 1.29 is 40.2 Å². The van der Waals surface area contributed by atoms with Crippen LogP contribution in [-0.4, -0.2) is 65.1 Å². The molecule has 0 amide bonds. The summed E-state index contributed by atoms with van der Waals surface area (Å²) in [6.07, 6.45) is 5.31. The zero-order valence-electron chi connectivity index (χ0n) is 17.2. The molecule has 5 rings (SSSR count). The summed E-state index contributed by atoms with van der Waals surface area (Å²) >= 11 is 0. The van der Waals surface area contributed by atoms with Gasteiger partial charge >= 0.3 is 11.9 Å². The lowest BCUT2D eigenvalue weighted by molar-refractivity contribution is -0.152. The highest BCUT2D eigenvalue weighted by Gasteiger charge is 2.65. The molecule has 1 fully saturated rings. The number of likely N-dealkylation sites (tertiary alicyclic amines) is 1. The monoisotopic (exact) mass is 423 g/mol. The number of nitrogens with zero attached hydrogens (tertiary/aromatic N) is 1. The highest BCUT2D eigenvalue weighted by molar-refractivity contribution is 5.73. The maximum Gasteiger partial charge on any atom is 0.308 e. The molecular formula is C21H29NO8. The first-order valence-corrected chi connectivity index (χ1v) is 9.49. The normalized spacial score (nSPS) is 31.7. The molecule has 0 saturated carbocycles. The molecule has 2 aliphatic carbocycles. The van der Waals surface area contributed by atoms with Crippen molar-refractivity contribution >= 4 is 11.9 Å². The number of rotatable bonds is 2. The van der Waals surface area contributed by atoms with Crippen molar-refractivity contribution in [3.8, 4) is 11.5 Å². The zero-order valence-corrected chi connectivity index (χ0v) is 17.2. The summed E-state index contributed by atoms with van der Waals surface area (Å²) in [5, 5.41) is 0. The second kappa shape index (κ2) is 7.99. The van der Waals surface area contributed by atoms with E-state index in [1.807, 2.05) is 12.1 Å². The van der Waals surface area contributed by atoms with E-state index >= 15 is 0 Å². The van der Waals surface area contributed by atoms with Crippen LogP contribution >= 0.6 is 0 Å². The Morgan fingerprint density at radius 2 is 1.87 bits per heavy atom. The fourth-order valence-electron chi connectivity index (χ4n) is 5.74. The van der Waals surface area contributed by atoms with E-state index in [4.69, 9.17) is 14.2 Å². The van der Waals surface area contributed by atoms with Crippen LogP contribution in [0.15, 0.2) is 24.3 Å². The summed E-state index contributed by atoms with van der Waals surface area (Å²) in [7, 11) is 2.17. The number of likely N-dealkylation sites (N-methyl/N-ethyl adjacent to an activating group) is 1. The molecule has 4 aliphatic rings. The molecule has 1 saturated heterocycles. The molecule has 0 unspecified atom stereocenters. The topological polar surface area (TPSA) is 160 Å². The van der Waals surface area contributed by atoms with Crippen LogP contribution in [0.3, 0.4) is 0 Å². The maximum atomic E-state index is 11.7. The van der Waals surface area contributed by atoms with Crippen molar-refractivity contribution in [2.75, 3.05) is 13.6 Å². The number of benzene rings is 1. The maximum absolute atomic E-state index is 11.7. The van der Waals surface area contributed by atoms with E-state index < -0.39 is 6.10 Å². The number of ether oxygens (including phenoxy) is 3. The number of hydrogen-bond donors (Lipinski definition) is 0. The van der Waals surface area contributed by atoms with E-state index in [1.165, 1.54) is 19.4 Å². The number of piperidine rings is 1. The van der Waals surface area contributed by atoms with Gasteiger partial charge in [-0.15, -0.1) is 0 Å². The summed E-state index contributed by atoms with van der Waals surface area (Å²) in [6, 6.07) is 4.28. The molecule has 2 aliphatic heterocycles. The number of esters is 2. The van der Waals surface area contributed by atoms with Crippen molar-refractivity contribution in [1.29, 1.82) is 0 Å². The predicted molar refractivity (Wildman–Crippen MR) is 108 cm³/mol. The van der Waals surface area contributed by atoms with Crippen LogP contribution in [0.1, 0.15) is 31.4 Å². The standard InChI is InChI=1S/C21H23NO5.3H2O/c1-11(23)25-16-6-4-13-10-15-14-5-7-17(26-12(2)24)20-21(14,8-9-22(15)3)18(13)19(16)27-20;;;/h4-7,14-15,17,20H,8-10H2,1-3H3;3*1H2/t14-,15+,17-,20-,21-;;;/m0.../s1. The van der Waals surface area contributed by atoms with Gasteiger partial charge in [0.2, 0.25) is 0 Å². The molecule has 1 aromatic rings.